The van der Waals surface area contributed by atoms with Crippen molar-refractivity contribution in [3.8, 4) is 5.75 Å². The number of nitrogens with one attached hydrogen (secondary N) is 1. The third kappa shape index (κ3) is 3.79. The summed E-state index contributed by atoms with van der Waals surface area (Å²) in [5, 5.41) is 3.18. The zero-order chi connectivity index (χ0) is 12.0. The molecule has 0 saturated heterocycles. The van der Waals surface area contributed by atoms with Crippen LogP contribution in [0.25, 0.3) is 0 Å². The molecule has 0 fully saturated rings. The van der Waals surface area contributed by atoms with E-state index in [0.717, 1.165) is 11.3 Å². The van der Waals surface area contributed by atoms with Gasteiger partial charge in [0, 0.05) is 13.3 Å². The molecule has 0 aliphatic heterocycles. The van der Waals surface area contributed by atoms with Crippen LogP contribution in [-0.2, 0) is 4.74 Å². The Balaban J connectivity index is 2.79. The van der Waals surface area contributed by atoms with Gasteiger partial charge in [-0.1, -0.05) is 0 Å². The van der Waals surface area contributed by atoms with Gasteiger partial charge < -0.3 is 14.8 Å². The second kappa shape index (κ2) is 6.45. The molecule has 4 heteroatoms. The van der Waals surface area contributed by atoms with Crippen molar-refractivity contribution in [1.82, 2.24) is 10.3 Å². The summed E-state index contributed by atoms with van der Waals surface area (Å²) in [5.74, 6) is 0.795. The van der Waals surface area contributed by atoms with E-state index in [0.29, 0.717) is 6.61 Å². The number of pyridine rings is 1. The highest BCUT2D eigenvalue weighted by Crippen LogP contribution is 2.18. The first-order valence-corrected chi connectivity index (χ1v) is 5.45. The first kappa shape index (κ1) is 12.9. The van der Waals surface area contributed by atoms with Crippen molar-refractivity contribution in [3.63, 3.8) is 0 Å². The van der Waals surface area contributed by atoms with Crippen LogP contribution in [0.2, 0.25) is 0 Å². The maximum Gasteiger partial charge on any atom is 0.138 e. The second-order valence-electron chi connectivity index (χ2n) is 3.92. The average Bonchev–Trinajstić information content (AvgIpc) is 2.25. The Bertz CT molecular complexity index is 316. The van der Waals surface area contributed by atoms with Crippen LogP contribution in [-0.4, -0.2) is 31.9 Å². The molecular weight excluding hydrogens is 204 g/mol. The number of likely N-dealkylation sites (N-methyl/N-ethyl adjacent to an activating group) is 1. The minimum absolute atomic E-state index is 0.146. The molecule has 90 valence electrons. The van der Waals surface area contributed by atoms with E-state index in [9.17, 15) is 0 Å². The predicted molar refractivity (Wildman–Crippen MR) is 63.7 cm³/mol. The fourth-order valence-corrected chi connectivity index (χ4v) is 1.48. The molecule has 1 N–H and O–H groups in total. The minimum atomic E-state index is 0.146. The van der Waals surface area contributed by atoms with Gasteiger partial charge in [-0.25, -0.2) is 0 Å². The third-order valence-electron chi connectivity index (χ3n) is 2.19. The predicted octanol–water partition coefficient (Wildman–Crippen LogP) is 1.78. The Morgan fingerprint density at radius 3 is 2.69 bits per heavy atom. The number of aromatic nitrogens is 1. The zero-order valence-electron chi connectivity index (χ0n) is 10.4. The molecule has 0 radical (unpaired) electrons. The Kier molecular flexibility index (Phi) is 5.22. The first-order valence-electron chi connectivity index (χ1n) is 5.45. The minimum Gasteiger partial charge on any atom is -0.489 e. The molecule has 0 amide bonds. The van der Waals surface area contributed by atoms with E-state index in [-0.39, 0.29) is 12.1 Å². The van der Waals surface area contributed by atoms with E-state index in [1.54, 1.807) is 13.3 Å². The molecule has 1 unspecified atom stereocenters. The van der Waals surface area contributed by atoms with Crippen molar-refractivity contribution >= 4 is 0 Å². The summed E-state index contributed by atoms with van der Waals surface area (Å²) in [6.07, 6.45) is 3.71. The van der Waals surface area contributed by atoms with Crippen LogP contribution in [0.5, 0.6) is 5.75 Å². The summed E-state index contributed by atoms with van der Waals surface area (Å²) in [4.78, 5) is 4.17. The van der Waals surface area contributed by atoms with Crippen molar-refractivity contribution in [2.45, 2.75) is 26.0 Å². The van der Waals surface area contributed by atoms with Crippen molar-refractivity contribution in [2.24, 2.45) is 0 Å². The summed E-state index contributed by atoms with van der Waals surface area (Å²) in [6, 6.07) is 2.14. The van der Waals surface area contributed by atoms with Crippen LogP contribution in [0.1, 0.15) is 25.5 Å². The summed E-state index contributed by atoms with van der Waals surface area (Å²) in [7, 11) is 3.59. The maximum atomic E-state index is 5.60. The average molecular weight is 224 g/mol. The second-order valence-corrected chi connectivity index (χ2v) is 3.92. The molecule has 1 atom stereocenters. The summed E-state index contributed by atoms with van der Waals surface area (Å²) < 4.78 is 10.7. The van der Waals surface area contributed by atoms with Crippen molar-refractivity contribution in [1.29, 1.82) is 0 Å². The highest BCUT2D eigenvalue weighted by molar-refractivity contribution is 5.26. The quantitative estimate of drug-likeness (QED) is 0.800. The summed E-state index contributed by atoms with van der Waals surface area (Å²) >= 11 is 0. The van der Waals surface area contributed by atoms with Gasteiger partial charge in [0.05, 0.1) is 24.9 Å². The highest BCUT2D eigenvalue weighted by atomic mass is 16.5. The molecule has 0 bridgehead atoms. The Morgan fingerprint density at radius 2 is 2.12 bits per heavy atom. The lowest BCUT2D eigenvalue weighted by Crippen LogP contribution is -2.21. The SMILES string of the molecule is CNC(COC)c1cncc(OC(C)C)c1. The molecule has 1 rings (SSSR count). The highest BCUT2D eigenvalue weighted by Gasteiger charge is 2.10. The first-order chi connectivity index (χ1) is 7.67. The molecular formula is C12H20N2O2. The van der Waals surface area contributed by atoms with Crippen molar-refractivity contribution in [2.75, 3.05) is 20.8 Å². The third-order valence-corrected chi connectivity index (χ3v) is 2.19. The Labute approximate surface area is 97.0 Å². The van der Waals surface area contributed by atoms with E-state index in [1.807, 2.05) is 33.2 Å². The number of hydrogen-bond donors (Lipinski definition) is 1. The molecule has 1 heterocycles. The van der Waals surface area contributed by atoms with Gasteiger partial charge >= 0.3 is 0 Å². The molecule has 0 spiro atoms. The molecule has 0 aliphatic carbocycles. The molecule has 0 aromatic carbocycles. The van der Waals surface area contributed by atoms with E-state index >= 15 is 0 Å². The van der Waals surface area contributed by atoms with Gasteiger partial charge in [-0.05, 0) is 32.5 Å². The van der Waals surface area contributed by atoms with Gasteiger partial charge in [-0.3, -0.25) is 4.98 Å². The Hall–Kier alpha value is -1.13. The standard InChI is InChI=1S/C12H20N2O2/c1-9(2)16-11-5-10(6-14-7-11)12(13-3)8-15-4/h5-7,9,12-13H,8H2,1-4H3. The van der Waals surface area contributed by atoms with Gasteiger partial charge in [0.1, 0.15) is 5.75 Å². The van der Waals surface area contributed by atoms with E-state index in [4.69, 9.17) is 9.47 Å². The summed E-state index contributed by atoms with van der Waals surface area (Å²) in [5.41, 5.74) is 1.07. The van der Waals surface area contributed by atoms with Gasteiger partial charge in [0.25, 0.3) is 0 Å². The topological polar surface area (TPSA) is 43.4 Å². The van der Waals surface area contributed by atoms with Crippen LogP contribution >= 0.6 is 0 Å². The lowest BCUT2D eigenvalue weighted by Gasteiger charge is -2.16. The molecule has 1 aromatic heterocycles. The smallest absolute Gasteiger partial charge is 0.138 e. The van der Waals surface area contributed by atoms with E-state index < -0.39 is 0 Å². The lowest BCUT2D eigenvalue weighted by molar-refractivity contribution is 0.170. The Morgan fingerprint density at radius 1 is 1.38 bits per heavy atom. The number of ether oxygens (including phenoxy) is 2. The molecule has 0 saturated carbocycles. The molecule has 16 heavy (non-hydrogen) atoms. The lowest BCUT2D eigenvalue weighted by atomic mass is 10.1. The van der Waals surface area contributed by atoms with Crippen molar-refractivity contribution in [3.05, 3.63) is 24.0 Å². The monoisotopic (exact) mass is 224 g/mol. The van der Waals surface area contributed by atoms with Crippen molar-refractivity contribution < 1.29 is 9.47 Å². The van der Waals surface area contributed by atoms with Gasteiger partial charge in [-0.15, -0.1) is 0 Å². The largest absolute Gasteiger partial charge is 0.489 e. The van der Waals surface area contributed by atoms with Crippen LogP contribution in [0.4, 0.5) is 0 Å². The van der Waals surface area contributed by atoms with E-state index in [2.05, 4.69) is 10.3 Å². The normalized spacial score (nSPS) is 12.8. The van der Waals surface area contributed by atoms with Gasteiger partial charge in [0.15, 0.2) is 0 Å². The van der Waals surface area contributed by atoms with Crippen LogP contribution in [0, 0.1) is 0 Å². The number of methoxy groups -OCH3 is 1. The fourth-order valence-electron chi connectivity index (χ4n) is 1.48. The summed E-state index contributed by atoms with van der Waals surface area (Å²) in [6.45, 7) is 4.61. The maximum absolute atomic E-state index is 5.60. The number of nitrogens with zero attached hydrogens (tertiary/aromatic N) is 1. The number of hydrogen-bond acceptors (Lipinski definition) is 4. The molecule has 0 aliphatic rings. The van der Waals surface area contributed by atoms with Gasteiger partial charge in [-0.2, -0.15) is 0 Å². The van der Waals surface area contributed by atoms with Gasteiger partial charge in [0.2, 0.25) is 0 Å². The van der Waals surface area contributed by atoms with Crippen LogP contribution < -0.4 is 10.1 Å². The molecule has 4 nitrogen and oxygen atoms in total. The number of rotatable bonds is 6. The van der Waals surface area contributed by atoms with Crippen LogP contribution in [0.3, 0.4) is 0 Å². The van der Waals surface area contributed by atoms with Crippen LogP contribution in [0.15, 0.2) is 18.5 Å². The zero-order valence-corrected chi connectivity index (χ0v) is 10.4. The fraction of sp³-hybridized carbons (Fsp3) is 0.583. The molecule has 1 aromatic rings. The van der Waals surface area contributed by atoms with E-state index in [1.165, 1.54) is 0 Å².